The average molecular weight is 272 g/mol. The second-order valence-corrected chi connectivity index (χ2v) is 5.62. The molecule has 0 spiro atoms. The molecule has 1 amide bonds. The zero-order valence-electron chi connectivity index (χ0n) is 10.6. The highest BCUT2D eigenvalue weighted by molar-refractivity contribution is 7.13. The van der Waals surface area contributed by atoms with Crippen LogP contribution in [0.3, 0.4) is 0 Å². The molecule has 0 saturated carbocycles. The van der Waals surface area contributed by atoms with Crippen molar-refractivity contribution in [1.82, 2.24) is 10.6 Å². The van der Waals surface area contributed by atoms with Gasteiger partial charge in [-0.05, 0) is 29.0 Å². The molecule has 2 aromatic rings. The number of nitrogens with one attached hydrogen (secondary N) is 2. The minimum Gasteiger partial charge on any atom is -0.353 e. The molecule has 0 radical (unpaired) electrons. The van der Waals surface area contributed by atoms with Crippen LogP contribution < -0.4 is 10.6 Å². The van der Waals surface area contributed by atoms with E-state index in [-0.39, 0.29) is 11.9 Å². The quantitative estimate of drug-likeness (QED) is 0.898. The summed E-state index contributed by atoms with van der Waals surface area (Å²) in [6.07, 6.45) is 0.747. The number of hydrogen-bond acceptors (Lipinski definition) is 3. The highest BCUT2D eigenvalue weighted by Gasteiger charge is 2.21. The molecule has 0 aliphatic carbocycles. The molecule has 3 rings (SSSR count). The van der Waals surface area contributed by atoms with E-state index in [9.17, 15) is 4.79 Å². The van der Waals surface area contributed by atoms with Gasteiger partial charge in [-0.2, -0.15) is 0 Å². The summed E-state index contributed by atoms with van der Waals surface area (Å²) in [4.78, 5) is 13.0. The van der Waals surface area contributed by atoms with Gasteiger partial charge in [0.15, 0.2) is 0 Å². The van der Waals surface area contributed by atoms with E-state index in [2.05, 4.69) is 52.4 Å². The van der Waals surface area contributed by atoms with Gasteiger partial charge in [0.1, 0.15) is 0 Å². The summed E-state index contributed by atoms with van der Waals surface area (Å²) in [6, 6.07) is 12.6. The number of rotatable bonds is 3. The molecule has 3 nitrogen and oxygen atoms in total. The van der Waals surface area contributed by atoms with Crippen LogP contribution in [-0.2, 0) is 11.2 Å². The number of amides is 1. The monoisotopic (exact) mass is 272 g/mol. The van der Waals surface area contributed by atoms with Gasteiger partial charge in [-0.3, -0.25) is 4.79 Å². The maximum absolute atomic E-state index is 11.7. The van der Waals surface area contributed by atoms with Crippen LogP contribution >= 0.6 is 11.3 Å². The lowest BCUT2D eigenvalue weighted by atomic mass is 10.0. The second kappa shape index (κ2) is 5.55. The SMILES string of the molecule is O=C1NCCN[C@@H]1Cc1ccc(-c2cccs2)cc1. The van der Waals surface area contributed by atoms with E-state index in [1.807, 2.05) is 0 Å². The van der Waals surface area contributed by atoms with E-state index in [1.165, 1.54) is 16.0 Å². The molecule has 1 aromatic carbocycles. The molecule has 0 unspecified atom stereocenters. The summed E-state index contributed by atoms with van der Waals surface area (Å²) in [6.45, 7) is 1.58. The Hall–Kier alpha value is -1.65. The number of benzene rings is 1. The lowest BCUT2D eigenvalue weighted by Gasteiger charge is -2.23. The standard InChI is InChI=1S/C15H16N2OS/c18-15-13(16-7-8-17-15)10-11-3-5-12(6-4-11)14-2-1-9-19-14/h1-6,9,13,16H,7-8,10H2,(H,17,18)/t13-/m1/s1. The molecule has 0 bridgehead atoms. The first-order valence-electron chi connectivity index (χ1n) is 6.47. The number of piperazine rings is 1. The molecular formula is C15H16N2OS. The molecule has 1 aliphatic heterocycles. The van der Waals surface area contributed by atoms with E-state index in [4.69, 9.17) is 0 Å². The van der Waals surface area contributed by atoms with Crippen molar-refractivity contribution in [3.63, 3.8) is 0 Å². The highest BCUT2D eigenvalue weighted by Crippen LogP contribution is 2.24. The first kappa shape index (κ1) is 12.4. The van der Waals surface area contributed by atoms with Crippen molar-refractivity contribution in [3.05, 3.63) is 47.3 Å². The Labute approximate surface area is 116 Å². The van der Waals surface area contributed by atoms with Gasteiger partial charge < -0.3 is 10.6 Å². The van der Waals surface area contributed by atoms with Crippen molar-refractivity contribution in [2.24, 2.45) is 0 Å². The second-order valence-electron chi connectivity index (χ2n) is 4.68. The Morgan fingerprint density at radius 1 is 1.16 bits per heavy atom. The molecule has 98 valence electrons. The van der Waals surface area contributed by atoms with Crippen molar-refractivity contribution in [2.75, 3.05) is 13.1 Å². The third kappa shape index (κ3) is 2.85. The van der Waals surface area contributed by atoms with Crippen LogP contribution in [0.2, 0.25) is 0 Å². The molecule has 1 aliphatic rings. The van der Waals surface area contributed by atoms with Crippen LogP contribution in [0.4, 0.5) is 0 Å². The first-order valence-corrected chi connectivity index (χ1v) is 7.35. The van der Waals surface area contributed by atoms with Gasteiger partial charge in [0, 0.05) is 18.0 Å². The lowest BCUT2D eigenvalue weighted by Crippen LogP contribution is -2.53. The Morgan fingerprint density at radius 3 is 2.68 bits per heavy atom. The smallest absolute Gasteiger partial charge is 0.237 e. The van der Waals surface area contributed by atoms with Gasteiger partial charge >= 0.3 is 0 Å². The number of hydrogen-bond donors (Lipinski definition) is 2. The van der Waals surface area contributed by atoms with Crippen molar-refractivity contribution < 1.29 is 4.79 Å². The van der Waals surface area contributed by atoms with Crippen LogP contribution in [0.1, 0.15) is 5.56 Å². The van der Waals surface area contributed by atoms with E-state index in [1.54, 1.807) is 11.3 Å². The van der Waals surface area contributed by atoms with Crippen LogP contribution in [0.25, 0.3) is 10.4 Å². The lowest BCUT2D eigenvalue weighted by molar-refractivity contribution is -0.124. The zero-order chi connectivity index (χ0) is 13.1. The summed E-state index contributed by atoms with van der Waals surface area (Å²) in [7, 11) is 0. The van der Waals surface area contributed by atoms with Gasteiger partial charge in [0.25, 0.3) is 0 Å². The minimum absolute atomic E-state index is 0.0960. The third-order valence-corrected chi connectivity index (χ3v) is 4.25. The molecule has 2 N–H and O–H groups in total. The fraction of sp³-hybridized carbons (Fsp3) is 0.267. The molecular weight excluding hydrogens is 256 g/mol. The van der Waals surface area contributed by atoms with Crippen molar-refractivity contribution in [3.8, 4) is 10.4 Å². The van der Waals surface area contributed by atoms with Crippen molar-refractivity contribution >= 4 is 17.2 Å². The average Bonchev–Trinajstić information content (AvgIpc) is 2.96. The number of thiophene rings is 1. The summed E-state index contributed by atoms with van der Waals surface area (Å²) in [5.41, 5.74) is 2.43. The predicted molar refractivity (Wildman–Crippen MR) is 78.3 cm³/mol. The number of carbonyl (C=O) groups is 1. The summed E-state index contributed by atoms with van der Waals surface area (Å²) < 4.78 is 0. The third-order valence-electron chi connectivity index (χ3n) is 3.33. The van der Waals surface area contributed by atoms with Crippen LogP contribution in [-0.4, -0.2) is 25.0 Å². The van der Waals surface area contributed by atoms with Crippen molar-refractivity contribution in [1.29, 1.82) is 0 Å². The van der Waals surface area contributed by atoms with E-state index in [0.29, 0.717) is 0 Å². The van der Waals surface area contributed by atoms with Gasteiger partial charge in [0.2, 0.25) is 5.91 Å². The van der Waals surface area contributed by atoms with E-state index in [0.717, 1.165) is 19.5 Å². The Balaban J connectivity index is 1.70. The largest absolute Gasteiger partial charge is 0.353 e. The minimum atomic E-state index is -0.0960. The molecule has 1 atom stereocenters. The maximum atomic E-state index is 11.7. The van der Waals surface area contributed by atoms with Crippen LogP contribution in [0, 0.1) is 0 Å². The molecule has 19 heavy (non-hydrogen) atoms. The van der Waals surface area contributed by atoms with Gasteiger partial charge in [-0.25, -0.2) is 0 Å². The van der Waals surface area contributed by atoms with Gasteiger partial charge in [0.05, 0.1) is 6.04 Å². The van der Waals surface area contributed by atoms with Crippen LogP contribution in [0.15, 0.2) is 41.8 Å². The molecule has 1 fully saturated rings. The first-order chi connectivity index (χ1) is 9.33. The summed E-state index contributed by atoms with van der Waals surface area (Å²) in [5.74, 6) is 0.105. The molecule has 1 aromatic heterocycles. The zero-order valence-corrected chi connectivity index (χ0v) is 11.4. The topological polar surface area (TPSA) is 41.1 Å². The van der Waals surface area contributed by atoms with Crippen LogP contribution in [0.5, 0.6) is 0 Å². The fourth-order valence-electron chi connectivity index (χ4n) is 2.30. The number of carbonyl (C=O) groups excluding carboxylic acids is 1. The molecule has 4 heteroatoms. The Kier molecular flexibility index (Phi) is 3.62. The van der Waals surface area contributed by atoms with E-state index >= 15 is 0 Å². The molecule has 1 saturated heterocycles. The summed E-state index contributed by atoms with van der Waals surface area (Å²) >= 11 is 1.74. The van der Waals surface area contributed by atoms with Crippen molar-refractivity contribution in [2.45, 2.75) is 12.5 Å². The molecule has 2 heterocycles. The van der Waals surface area contributed by atoms with Gasteiger partial charge in [-0.15, -0.1) is 11.3 Å². The summed E-state index contributed by atoms with van der Waals surface area (Å²) in [5, 5.41) is 8.22. The Morgan fingerprint density at radius 2 is 2.00 bits per heavy atom. The maximum Gasteiger partial charge on any atom is 0.237 e. The van der Waals surface area contributed by atoms with Gasteiger partial charge in [-0.1, -0.05) is 30.3 Å². The van der Waals surface area contributed by atoms with E-state index < -0.39 is 0 Å². The highest BCUT2D eigenvalue weighted by atomic mass is 32.1. The Bertz CT molecular complexity index is 548. The fourth-order valence-corrected chi connectivity index (χ4v) is 3.03. The predicted octanol–water partition coefficient (Wildman–Crippen LogP) is 2.05. The normalized spacial score (nSPS) is 19.2.